The summed E-state index contributed by atoms with van der Waals surface area (Å²) in [5.41, 5.74) is 0.808. The Morgan fingerprint density at radius 3 is 2.90 bits per heavy atom. The lowest BCUT2D eigenvalue weighted by atomic mass is 9.84. The Balaban J connectivity index is 1.70. The Kier molecular flexibility index (Phi) is 4.73. The van der Waals surface area contributed by atoms with Crippen molar-refractivity contribution in [3.05, 3.63) is 11.6 Å². The third-order valence-corrected chi connectivity index (χ3v) is 7.47. The normalized spacial score (nSPS) is 43.0. The molecule has 4 atom stereocenters. The molecule has 3 heterocycles. The molecule has 2 fully saturated rings. The van der Waals surface area contributed by atoms with Crippen LogP contribution in [0.15, 0.2) is 11.6 Å². The maximum Gasteiger partial charge on any atom is 0.105 e. The molecule has 2 saturated heterocycles. The average molecular weight is 316 g/mol. The van der Waals surface area contributed by atoms with E-state index in [1.54, 1.807) is 0 Å². The van der Waals surface area contributed by atoms with E-state index in [-0.39, 0.29) is 12.2 Å². The molecule has 3 aliphatic heterocycles. The third kappa shape index (κ3) is 3.07. The number of fused-ring (bicyclic) bond motifs is 1. The lowest BCUT2D eigenvalue weighted by Crippen LogP contribution is -2.57. The second-order valence-electron chi connectivity index (χ2n) is 6.15. The van der Waals surface area contributed by atoms with Gasteiger partial charge in [-0.2, -0.15) is 0 Å². The summed E-state index contributed by atoms with van der Waals surface area (Å²) in [4.78, 5) is 0. The van der Waals surface area contributed by atoms with Crippen molar-refractivity contribution in [1.82, 2.24) is 0 Å². The molecule has 0 aromatic rings. The van der Waals surface area contributed by atoms with Gasteiger partial charge in [0.25, 0.3) is 0 Å². The number of ether oxygens (including phenoxy) is 2. The second-order valence-corrected chi connectivity index (χ2v) is 9.07. The van der Waals surface area contributed by atoms with E-state index in [1.807, 2.05) is 23.5 Å². The molecule has 0 radical (unpaired) electrons. The maximum atomic E-state index is 10.5. The van der Waals surface area contributed by atoms with E-state index < -0.39 is 11.7 Å². The van der Waals surface area contributed by atoms with Crippen LogP contribution in [0, 0.1) is 0 Å². The van der Waals surface area contributed by atoms with Gasteiger partial charge in [0.05, 0.1) is 29.0 Å². The topological polar surface area (TPSA) is 38.7 Å². The molecule has 20 heavy (non-hydrogen) atoms. The van der Waals surface area contributed by atoms with E-state index in [2.05, 4.69) is 19.9 Å². The van der Waals surface area contributed by atoms with Crippen LogP contribution in [-0.4, -0.2) is 51.7 Å². The van der Waals surface area contributed by atoms with Crippen LogP contribution in [0.3, 0.4) is 0 Å². The van der Waals surface area contributed by atoms with Crippen LogP contribution in [0.4, 0.5) is 0 Å². The highest BCUT2D eigenvalue weighted by molar-refractivity contribution is 8.17. The summed E-state index contributed by atoms with van der Waals surface area (Å²) < 4.78 is 12.6. The third-order valence-electron chi connectivity index (χ3n) is 4.53. The monoisotopic (exact) mass is 316 g/mol. The first-order valence-corrected chi connectivity index (χ1v) is 9.55. The van der Waals surface area contributed by atoms with Gasteiger partial charge in [-0.05, 0) is 43.8 Å². The van der Waals surface area contributed by atoms with Crippen molar-refractivity contribution < 1.29 is 14.6 Å². The van der Waals surface area contributed by atoms with Gasteiger partial charge in [-0.15, -0.1) is 23.5 Å². The van der Waals surface area contributed by atoms with Crippen molar-refractivity contribution in [3.63, 3.8) is 0 Å². The van der Waals surface area contributed by atoms with E-state index in [9.17, 15) is 5.11 Å². The van der Waals surface area contributed by atoms with Gasteiger partial charge in [-0.25, -0.2) is 0 Å². The molecule has 0 amide bonds. The smallest absolute Gasteiger partial charge is 0.105 e. The fourth-order valence-corrected chi connectivity index (χ4v) is 6.36. The Hall–Kier alpha value is 0.320. The summed E-state index contributed by atoms with van der Waals surface area (Å²) in [5.74, 6) is 2.47. The molecule has 0 saturated carbocycles. The van der Waals surface area contributed by atoms with Gasteiger partial charge in [0.15, 0.2) is 0 Å². The van der Waals surface area contributed by atoms with Crippen LogP contribution in [0.25, 0.3) is 0 Å². The summed E-state index contributed by atoms with van der Waals surface area (Å²) >= 11 is 4.03. The number of rotatable bonds is 2. The molecule has 0 unspecified atom stereocenters. The van der Waals surface area contributed by atoms with Crippen LogP contribution in [0.2, 0.25) is 0 Å². The Morgan fingerprint density at radius 2 is 2.15 bits per heavy atom. The van der Waals surface area contributed by atoms with Gasteiger partial charge in [0.1, 0.15) is 6.10 Å². The average Bonchev–Trinajstić information content (AvgIpc) is 2.43. The lowest BCUT2D eigenvalue weighted by molar-refractivity contribution is -0.221. The molecule has 0 spiro atoms. The first kappa shape index (κ1) is 15.2. The predicted molar refractivity (Wildman–Crippen MR) is 85.3 cm³/mol. The lowest BCUT2D eigenvalue weighted by Gasteiger charge is -2.48. The molecular weight excluding hydrogens is 292 g/mol. The summed E-state index contributed by atoms with van der Waals surface area (Å²) in [5, 5.41) is 10.5. The van der Waals surface area contributed by atoms with Gasteiger partial charge >= 0.3 is 0 Å². The zero-order chi connectivity index (χ0) is 14.2. The van der Waals surface area contributed by atoms with Crippen LogP contribution in [-0.2, 0) is 9.47 Å². The van der Waals surface area contributed by atoms with Gasteiger partial charge in [-0.3, -0.25) is 0 Å². The van der Waals surface area contributed by atoms with Crippen LogP contribution in [0.1, 0.15) is 33.1 Å². The number of thioether (sulfide) groups is 2. The van der Waals surface area contributed by atoms with E-state index in [0.29, 0.717) is 17.6 Å². The molecule has 3 nitrogen and oxygen atoms in total. The molecule has 0 aliphatic carbocycles. The van der Waals surface area contributed by atoms with E-state index in [0.717, 1.165) is 6.42 Å². The SMILES string of the molecule is CC1=CCO[C@H]2C[C@@H](O)[C@](C)(CC3SCCCS3)O[C@H]12. The largest absolute Gasteiger partial charge is 0.390 e. The minimum Gasteiger partial charge on any atom is -0.390 e. The number of hydrogen-bond acceptors (Lipinski definition) is 5. The highest BCUT2D eigenvalue weighted by atomic mass is 32.2. The van der Waals surface area contributed by atoms with Crippen LogP contribution >= 0.6 is 23.5 Å². The Bertz CT molecular complexity index is 381. The molecule has 1 N–H and O–H groups in total. The molecular formula is C15H24O3S2. The zero-order valence-corrected chi connectivity index (χ0v) is 13.8. The number of aliphatic hydroxyl groups excluding tert-OH is 1. The molecule has 0 aromatic carbocycles. The number of aliphatic hydroxyl groups is 1. The predicted octanol–water partition coefficient (Wildman–Crippen LogP) is 2.83. The first-order chi connectivity index (χ1) is 9.58. The fourth-order valence-electron chi connectivity index (χ4n) is 3.17. The quantitative estimate of drug-likeness (QED) is 0.793. The first-order valence-electron chi connectivity index (χ1n) is 7.46. The van der Waals surface area contributed by atoms with E-state index in [4.69, 9.17) is 9.47 Å². The van der Waals surface area contributed by atoms with Crippen molar-refractivity contribution in [2.75, 3.05) is 18.1 Å². The van der Waals surface area contributed by atoms with E-state index >= 15 is 0 Å². The molecule has 114 valence electrons. The summed E-state index contributed by atoms with van der Waals surface area (Å²) in [6.07, 6.45) is 4.62. The van der Waals surface area contributed by atoms with Gasteiger partial charge in [0.2, 0.25) is 0 Å². The van der Waals surface area contributed by atoms with Gasteiger partial charge < -0.3 is 14.6 Å². The van der Waals surface area contributed by atoms with E-state index in [1.165, 1.54) is 23.5 Å². The highest BCUT2D eigenvalue weighted by Gasteiger charge is 2.48. The minimum atomic E-state index is -0.445. The van der Waals surface area contributed by atoms with Crippen molar-refractivity contribution in [3.8, 4) is 0 Å². The summed E-state index contributed by atoms with van der Waals surface area (Å²) in [6.45, 7) is 4.84. The van der Waals surface area contributed by atoms with Crippen LogP contribution < -0.4 is 0 Å². The van der Waals surface area contributed by atoms with Crippen molar-refractivity contribution in [2.24, 2.45) is 0 Å². The van der Waals surface area contributed by atoms with Gasteiger partial charge in [-0.1, -0.05) is 6.08 Å². The Labute approximate surface area is 129 Å². The van der Waals surface area contributed by atoms with Crippen molar-refractivity contribution in [1.29, 1.82) is 0 Å². The fraction of sp³-hybridized carbons (Fsp3) is 0.867. The summed E-state index contributed by atoms with van der Waals surface area (Å²) in [7, 11) is 0. The molecule has 3 aliphatic rings. The molecule has 0 bridgehead atoms. The van der Waals surface area contributed by atoms with Crippen molar-refractivity contribution >= 4 is 23.5 Å². The zero-order valence-electron chi connectivity index (χ0n) is 12.2. The maximum absolute atomic E-state index is 10.5. The number of hydrogen-bond donors (Lipinski definition) is 1. The van der Waals surface area contributed by atoms with Crippen molar-refractivity contribution in [2.45, 2.75) is 61.6 Å². The minimum absolute atomic E-state index is 0.0229. The standard InChI is InChI=1S/C15H24O3S2/c1-10-4-5-17-11-8-12(16)15(2,18-14(10)11)9-13-19-6-3-7-20-13/h4,11-14,16H,3,5-9H2,1-2H3/t11-,12+,14+,15-/m0/s1. The highest BCUT2D eigenvalue weighted by Crippen LogP contribution is 2.43. The Morgan fingerprint density at radius 1 is 1.40 bits per heavy atom. The molecule has 5 heteroatoms. The molecule has 3 rings (SSSR count). The second kappa shape index (κ2) is 6.21. The van der Waals surface area contributed by atoms with Crippen LogP contribution in [0.5, 0.6) is 0 Å². The summed E-state index contributed by atoms with van der Waals surface area (Å²) in [6, 6.07) is 0. The molecule has 0 aromatic heterocycles. The van der Waals surface area contributed by atoms with Gasteiger partial charge in [0, 0.05) is 6.42 Å².